The first kappa shape index (κ1) is 44.1. The lowest BCUT2D eigenvalue weighted by molar-refractivity contribution is 0.307. The van der Waals surface area contributed by atoms with Gasteiger partial charge in [-0.25, -0.2) is 0 Å². The SMILES string of the molecule is CCCOc1cc(C#Cc2ccc(C#Cc3ccc(C#Cc4ccc(SCCc5ccncc5)cc4)cc3C)cc2)c(OCCC)cc1C#Cc1ccc(C#C[C]2[CH][CH][CH][CH]2)cc1. The number of benzene rings is 5. The van der Waals surface area contributed by atoms with Crippen molar-refractivity contribution >= 4 is 11.8 Å². The summed E-state index contributed by atoms with van der Waals surface area (Å²) in [7, 11) is 0. The minimum Gasteiger partial charge on any atom is -0.492 e. The first-order valence-corrected chi connectivity index (χ1v) is 22.2. The average Bonchev–Trinajstić information content (AvgIpc) is 3.85. The molecule has 63 heavy (non-hydrogen) atoms. The Balaban J connectivity index is 0.993. The number of hydrogen-bond donors (Lipinski definition) is 0. The maximum Gasteiger partial charge on any atom is 0.136 e. The van der Waals surface area contributed by atoms with E-state index in [1.165, 1.54) is 10.5 Å². The first-order chi connectivity index (χ1) is 31.0. The summed E-state index contributed by atoms with van der Waals surface area (Å²) in [5.41, 5.74) is 10.4. The molecule has 1 aliphatic carbocycles. The van der Waals surface area contributed by atoms with Crippen LogP contribution in [-0.2, 0) is 6.42 Å². The molecule has 0 N–H and O–H groups in total. The molecule has 7 rings (SSSR count). The lowest BCUT2D eigenvalue weighted by Gasteiger charge is -2.13. The Morgan fingerprint density at radius 3 is 1.43 bits per heavy atom. The Morgan fingerprint density at radius 2 is 0.921 bits per heavy atom. The van der Waals surface area contributed by atoms with Crippen LogP contribution in [0.1, 0.15) is 87.9 Å². The maximum absolute atomic E-state index is 6.20. The summed E-state index contributed by atoms with van der Waals surface area (Å²) >= 11 is 1.85. The van der Waals surface area contributed by atoms with E-state index in [1.807, 2.05) is 123 Å². The Labute approximate surface area is 379 Å². The molecule has 0 spiro atoms. The predicted molar refractivity (Wildman–Crippen MR) is 258 cm³/mol. The summed E-state index contributed by atoms with van der Waals surface area (Å²) in [5.74, 6) is 36.4. The van der Waals surface area contributed by atoms with Crippen molar-refractivity contribution in [2.45, 2.75) is 44.9 Å². The molecule has 4 heteroatoms. The Kier molecular flexibility index (Phi) is 16.3. The van der Waals surface area contributed by atoms with Crippen molar-refractivity contribution in [1.82, 2.24) is 4.98 Å². The molecule has 1 heterocycles. The van der Waals surface area contributed by atoms with Crippen LogP contribution in [0.2, 0.25) is 0 Å². The molecule has 1 fully saturated rings. The number of pyridine rings is 1. The van der Waals surface area contributed by atoms with Crippen molar-refractivity contribution in [2.24, 2.45) is 0 Å². The van der Waals surface area contributed by atoms with Gasteiger partial charge in [0, 0.05) is 74.1 Å². The van der Waals surface area contributed by atoms with Gasteiger partial charge in [0.05, 0.1) is 30.3 Å². The second-order valence-electron chi connectivity index (χ2n) is 14.6. The predicted octanol–water partition coefficient (Wildman–Crippen LogP) is 11.7. The zero-order valence-corrected chi connectivity index (χ0v) is 36.7. The van der Waals surface area contributed by atoms with Gasteiger partial charge >= 0.3 is 0 Å². The number of thioether (sulfide) groups is 1. The second-order valence-corrected chi connectivity index (χ2v) is 15.8. The number of hydrogen-bond acceptors (Lipinski definition) is 4. The van der Waals surface area contributed by atoms with Crippen LogP contribution < -0.4 is 9.47 Å². The van der Waals surface area contributed by atoms with Crippen molar-refractivity contribution in [3.63, 3.8) is 0 Å². The zero-order valence-electron chi connectivity index (χ0n) is 35.8. The molecule has 0 aliphatic heterocycles. The van der Waals surface area contributed by atoms with Gasteiger partial charge in [-0.15, -0.1) is 11.8 Å². The summed E-state index contributed by atoms with van der Waals surface area (Å²) in [4.78, 5) is 5.34. The van der Waals surface area contributed by atoms with E-state index in [0.29, 0.717) is 24.7 Å². The van der Waals surface area contributed by atoms with Gasteiger partial charge < -0.3 is 9.47 Å². The van der Waals surface area contributed by atoms with Gasteiger partial charge in [-0.2, -0.15) is 0 Å². The number of nitrogens with zero attached hydrogens (tertiary/aromatic N) is 1. The third-order valence-corrected chi connectivity index (χ3v) is 10.7. The summed E-state index contributed by atoms with van der Waals surface area (Å²) in [5, 5.41) is 0. The van der Waals surface area contributed by atoms with Gasteiger partial charge in [-0.3, -0.25) is 4.98 Å². The Hall–Kier alpha value is -7.00. The fraction of sp³-hybridized carbons (Fsp3) is 0.153. The highest BCUT2D eigenvalue weighted by Crippen LogP contribution is 2.29. The third-order valence-electron chi connectivity index (χ3n) is 9.65. The Bertz CT molecular complexity index is 2800. The van der Waals surface area contributed by atoms with E-state index in [9.17, 15) is 0 Å². The molecule has 0 bridgehead atoms. The highest BCUT2D eigenvalue weighted by Gasteiger charge is 2.14. The lowest BCUT2D eigenvalue weighted by atomic mass is 10.0. The maximum atomic E-state index is 6.20. The fourth-order valence-corrected chi connectivity index (χ4v) is 7.11. The minimum atomic E-state index is 0.565. The number of aromatic nitrogens is 1. The zero-order chi connectivity index (χ0) is 43.5. The van der Waals surface area contributed by atoms with Crippen LogP contribution in [0.5, 0.6) is 11.5 Å². The third kappa shape index (κ3) is 13.8. The van der Waals surface area contributed by atoms with Crippen LogP contribution in [0, 0.1) is 97.7 Å². The van der Waals surface area contributed by atoms with Gasteiger partial charge in [0.2, 0.25) is 0 Å². The molecule has 1 aromatic heterocycles. The van der Waals surface area contributed by atoms with Crippen LogP contribution in [-0.4, -0.2) is 24.0 Å². The summed E-state index contributed by atoms with van der Waals surface area (Å²) < 4.78 is 12.4. The van der Waals surface area contributed by atoms with Crippen LogP contribution in [0.3, 0.4) is 0 Å². The molecule has 5 radical (unpaired) electrons. The molecule has 1 saturated carbocycles. The van der Waals surface area contributed by atoms with Crippen LogP contribution in [0.15, 0.2) is 133 Å². The van der Waals surface area contributed by atoms with Crippen LogP contribution in [0.25, 0.3) is 0 Å². The van der Waals surface area contributed by atoms with Crippen molar-refractivity contribution in [3.8, 4) is 70.7 Å². The van der Waals surface area contributed by atoms with Gasteiger partial charge in [0.1, 0.15) is 11.5 Å². The average molecular weight is 833 g/mol. The summed E-state index contributed by atoms with van der Waals surface area (Å²) in [6.45, 7) is 7.38. The lowest BCUT2D eigenvalue weighted by Crippen LogP contribution is -2.02. The van der Waals surface area contributed by atoms with Gasteiger partial charge in [0.15, 0.2) is 0 Å². The van der Waals surface area contributed by atoms with Crippen molar-refractivity contribution in [3.05, 3.63) is 220 Å². The minimum absolute atomic E-state index is 0.565. The molecule has 3 nitrogen and oxygen atoms in total. The molecule has 5 aromatic carbocycles. The van der Waals surface area contributed by atoms with E-state index in [2.05, 4.69) is 127 Å². The molecule has 0 saturated heterocycles. The first-order valence-electron chi connectivity index (χ1n) is 21.2. The highest BCUT2D eigenvalue weighted by molar-refractivity contribution is 7.99. The second kappa shape index (κ2) is 23.3. The number of aryl methyl sites for hydroxylation is 2. The van der Waals surface area contributed by atoms with Crippen molar-refractivity contribution in [2.75, 3.05) is 19.0 Å². The standard InChI is InChI=1S/C59H46NO2S/c1-4-39-61-58-44-56(59(62-40-5-2)43-55(58)30-23-49-14-12-47(13-15-49)11-10-46-8-6-7-9-46)31-24-50-18-16-48(17-19-50)22-28-54-29-25-53(42-45(54)3)21-20-51-26-32-57(33-27-51)63-41-36-52-34-37-60-38-35-52/h6-9,12-19,25-27,29,32-35,37-38,42-44H,4-5,36,39-41H2,1-3H3. The number of rotatable bonds is 10. The summed E-state index contributed by atoms with van der Waals surface area (Å²) in [6.07, 6.45) is 14.4. The molecule has 0 amide bonds. The van der Waals surface area contributed by atoms with E-state index in [0.717, 1.165) is 86.6 Å². The van der Waals surface area contributed by atoms with E-state index in [1.54, 1.807) is 0 Å². The van der Waals surface area contributed by atoms with Gasteiger partial charge in [0.25, 0.3) is 0 Å². The molecule has 305 valence electrons. The molecular formula is C59H46NO2S. The van der Waals surface area contributed by atoms with E-state index in [-0.39, 0.29) is 0 Å². The molecule has 0 atom stereocenters. The monoisotopic (exact) mass is 832 g/mol. The largest absolute Gasteiger partial charge is 0.492 e. The van der Waals surface area contributed by atoms with Crippen LogP contribution in [0.4, 0.5) is 0 Å². The molecule has 1 aliphatic rings. The fourth-order valence-electron chi connectivity index (χ4n) is 6.21. The topological polar surface area (TPSA) is 31.4 Å². The van der Waals surface area contributed by atoms with E-state index in [4.69, 9.17) is 9.47 Å². The summed E-state index contributed by atoms with van der Waals surface area (Å²) in [6, 6.07) is 38.6. The van der Waals surface area contributed by atoms with Crippen molar-refractivity contribution in [1.29, 1.82) is 0 Å². The van der Waals surface area contributed by atoms with Crippen molar-refractivity contribution < 1.29 is 9.47 Å². The van der Waals surface area contributed by atoms with Gasteiger partial charge in [-0.1, -0.05) is 73.1 Å². The Morgan fingerprint density at radius 1 is 0.476 bits per heavy atom. The smallest absolute Gasteiger partial charge is 0.136 e. The van der Waals surface area contributed by atoms with Gasteiger partial charge in [-0.05, 0) is 166 Å². The molecule has 0 unspecified atom stereocenters. The van der Waals surface area contributed by atoms with E-state index >= 15 is 0 Å². The highest BCUT2D eigenvalue weighted by atomic mass is 32.2. The van der Waals surface area contributed by atoms with Crippen LogP contribution >= 0.6 is 11.8 Å². The molecule has 6 aromatic rings. The quantitative estimate of drug-likeness (QED) is 0.102. The number of ether oxygens (including phenoxy) is 2. The van der Waals surface area contributed by atoms with E-state index < -0.39 is 0 Å². The molecular weight excluding hydrogens is 787 g/mol. The normalized spacial score (nSPS) is 11.5.